The van der Waals surface area contributed by atoms with Crippen LogP contribution in [0.4, 0.5) is 17.1 Å². The Hall–Kier alpha value is -8.01. The van der Waals surface area contributed by atoms with Gasteiger partial charge in [-0.25, -0.2) is 0 Å². The lowest BCUT2D eigenvalue weighted by Gasteiger charge is -2.39. The molecule has 7 N–H and O–H groups in total. The fraction of sp³-hybridized carbons (Fsp3) is 0.474. The van der Waals surface area contributed by atoms with Crippen LogP contribution in [0.5, 0.6) is 17.2 Å². The third-order valence-corrected chi connectivity index (χ3v) is 20.5. The van der Waals surface area contributed by atoms with E-state index in [0.29, 0.717) is 74.2 Å². The van der Waals surface area contributed by atoms with E-state index in [9.17, 15) is 9.90 Å². The van der Waals surface area contributed by atoms with Crippen molar-refractivity contribution in [3.63, 3.8) is 0 Å². The molecule has 4 amide bonds. The first-order valence-electron chi connectivity index (χ1n) is 34.3. The second-order valence-electron chi connectivity index (χ2n) is 27.5. The summed E-state index contributed by atoms with van der Waals surface area (Å²) in [7, 11) is 0. The smallest absolute Gasteiger partial charge is 0.255 e. The van der Waals surface area contributed by atoms with E-state index in [1.165, 1.54) is 0 Å². The van der Waals surface area contributed by atoms with Crippen molar-refractivity contribution >= 4 is 46.5 Å². The number of rotatable bonds is 12. The van der Waals surface area contributed by atoms with Gasteiger partial charge in [0.2, 0.25) is 11.8 Å². The number of Topliss-reactive ketones (excluding diaryl/α,β-unsaturated/α-hetero) is 1. The minimum absolute atomic E-state index is 0.00331. The largest absolute Gasteiger partial charge is 0.486 e. The molecular formula is C78H98N6O9. The standard InChI is InChI=1S/C78H98N6O9/c1-10-52-31-58-37-71(86)60-38-66(50(8)28-46(60)4)81-77(89)63-32-53(11-2)36-70(73(63)92-44-56-24-18-14-19-25-56)84-76(88)62-40-67(51(9)30-48(62)6)82-78(90)64-33-54(12-3)35-69(74(64)93-45-57-26-20-15-21-27-57)83-75(87)61-39-65(49(7)29-47(61)5)79-41-59(85)42-80-68(34-52)72(58)91-43-55-22-16-13-17-23-55/h13-27,31-36,46-51,59-62,65-67,79-80,85H,10-12,28-30,37-45H2,1-9H3,(H,81,89)(H,82,90)(H,83,87)(H,84,88)/t46-,47-,48-,49+,50+,51+,59?,60-,61-,62?,65+,66+,67+/m1/s1. The Kier molecular flexibility index (Phi) is 22.8. The minimum Gasteiger partial charge on any atom is -0.486 e. The lowest BCUT2D eigenvalue weighted by molar-refractivity contribution is -0.125. The number of hydrogen-bond donors (Lipinski definition) is 7. The van der Waals surface area contributed by atoms with E-state index < -0.39 is 24.0 Å². The van der Waals surface area contributed by atoms with Gasteiger partial charge in [0.05, 0.1) is 34.3 Å². The number of ketones is 1. The molecule has 3 saturated carbocycles. The highest BCUT2D eigenvalue weighted by atomic mass is 16.5. The number of fused-ring (bicyclic) bond motifs is 12. The van der Waals surface area contributed by atoms with E-state index in [2.05, 4.69) is 86.4 Å². The minimum atomic E-state index is -0.840. The molecule has 0 radical (unpaired) electrons. The number of aryl methyl sites for hydroxylation is 3. The van der Waals surface area contributed by atoms with Gasteiger partial charge in [-0.2, -0.15) is 0 Å². The second kappa shape index (κ2) is 31.3. The van der Waals surface area contributed by atoms with Gasteiger partial charge < -0.3 is 51.2 Å². The van der Waals surface area contributed by atoms with Gasteiger partial charge in [0.1, 0.15) is 31.4 Å². The number of carbonyl (C=O) groups excluding carboxylic acids is 5. The molecular weight excluding hydrogens is 1160 g/mol. The summed E-state index contributed by atoms with van der Waals surface area (Å²) >= 11 is 0. The number of β-amino-alcohol motifs (C(OH)–C–C–N with tert-alkyl or cyclic N) is 1. The zero-order chi connectivity index (χ0) is 65.9. The van der Waals surface area contributed by atoms with Crippen LogP contribution in [-0.2, 0) is 59.9 Å². The molecule has 1 aliphatic heterocycles. The summed E-state index contributed by atoms with van der Waals surface area (Å²) in [5, 5.41) is 32.4. The summed E-state index contributed by atoms with van der Waals surface area (Å²) in [6.07, 6.45) is 4.52. The molecule has 0 saturated heterocycles. The maximum Gasteiger partial charge on any atom is 0.255 e. The Morgan fingerprint density at radius 3 is 1.26 bits per heavy atom. The third kappa shape index (κ3) is 16.9. The average molecular weight is 1260 g/mol. The summed E-state index contributed by atoms with van der Waals surface area (Å²) in [6.45, 7) is 19.8. The molecule has 93 heavy (non-hydrogen) atoms. The quantitative estimate of drug-likeness (QED) is 0.0614. The van der Waals surface area contributed by atoms with Crippen molar-refractivity contribution in [3.8, 4) is 17.2 Å². The molecule has 0 aromatic heterocycles. The number of aliphatic hydroxyl groups is 1. The monoisotopic (exact) mass is 1260 g/mol. The van der Waals surface area contributed by atoms with Gasteiger partial charge in [0, 0.05) is 61.0 Å². The Bertz CT molecular complexity index is 3560. The first-order chi connectivity index (χ1) is 44.9. The van der Waals surface area contributed by atoms with Crippen molar-refractivity contribution in [2.75, 3.05) is 29.0 Å². The highest BCUT2D eigenvalue weighted by Crippen LogP contribution is 2.43. The van der Waals surface area contributed by atoms with Gasteiger partial charge >= 0.3 is 0 Å². The zero-order valence-electron chi connectivity index (χ0n) is 55.9. The van der Waals surface area contributed by atoms with Crippen LogP contribution in [0.25, 0.3) is 0 Å². The predicted molar refractivity (Wildman–Crippen MR) is 368 cm³/mol. The van der Waals surface area contributed by atoms with Crippen molar-refractivity contribution < 1.29 is 43.3 Å². The fourth-order valence-electron chi connectivity index (χ4n) is 14.9. The number of aliphatic hydroxyl groups excluding tert-OH is 1. The number of amides is 4. The highest BCUT2D eigenvalue weighted by molar-refractivity contribution is 6.04. The van der Waals surface area contributed by atoms with Crippen LogP contribution in [0.2, 0.25) is 0 Å². The van der Waals surface area contributed by atoms with Gasteiger partial charge in [-0.15, -0.1) is 0 Å². The van der Waals surface area contributed by atoms with E-state index in [-0.39, 0.29) is 145 Å². The molecule has 6 aromatic rings. The first kappa shape index (κ1) is 67.9. The molecule has 3 aliphatic carbocycles. The van der Waals surface area contributed by atoms with Crippen LogP contribution in [0.15, 0.2) is 127 Å². The Morgan fingerprint density at radius 2 is 0.806 bits per heavy atom. The van der Waals surface area contributed by atoms with Crippen molar-refractivity contribution in [1.29, 1.82) is 0 Å². The first-order valence-corrected chi connectivity index (χ1v) is 34.3. The molecule has 494 valence electrons. The van der Waals surface area contributed by atoms with Crippen LogP contribution in [-0.4, -0.2) is 71.8 Å². The van der Waals surface area contributed by atoms with Crippen LogP contribution in [0, 0.1) is 53.3 Å². The molecule has 4 aliphatic rings. The topological polar surface area (TPSA) is 205 Å². The Balaban J connectivity index is 1.03. The average Bonchev–Trinajstić information content (AvgIpc) is 0.857. The number of carbonyl (C=O) groups is 5. The summed E-state index contributed by atoms with van der Waals surface area (Å²) in [6, 6.07) is 40.1. The maximum absolute atomic E-state index is 15.2. The summed E-state index contributed by atoms with van der Waals surface area (Å²) in [5.41, 5.74) is 8.20. The number of nitrogens with one attached hydrogen (secondary N) is 6. The van der Waals surface area contributed by atoms with Crippen molar-refractivity contribution in [2.24, 2.45) is 53.3 Å². The van der Waals surface area contributed by atoms with E-state index in [4.69, 9.17) is 14.2 Å². The fourth-order valence-corrected chi connectivity index (χ4v) is 14.9. The Labute approximate surface area is 550 Å². The summed E-state index contributed by atoms with van der Waals surface area (Å²) < 4.78 is 20.2. The number of ether oxygens (including phenoxy) is 3. The maximum atomic E-state index is 15.2. The van der Waals surface area contributed by atoms with Crippen LogP contribution in [0.1, 0.15) is 160 Å². The third-order valence-electron chi connectivity index (χ3n) is 20.5. The lowest BCUT2D eigenvalue weighted by Crippen LogP contribution is -2.48. The molecule has 3 fully saturated rings. The molecule has 2 unspecified atom stereocenters. The normalized spacial score (nSPS) is 26.6. The highest BCUT2D eigenvalue weighted by Gasteiger charge is 2.42. The van der Waals surface area contributed by atoms with Gasteiger partial charge in [-0.05, 0) is 157 Å². The van der Waals surface area contributed by atoms with E-state index in [1.807, 2.05) is 135 Å². The molecule has 13 atom stereocenters. The van der Waals surface area contributed by atoms with Crippen LogP contribution < -0.4 is 46.1 Å². The number of benzene rings is 6. The van der Waals surface area contributed by atoms with Gasteiger partial charge in [0.25, 0.3) is 11.8 Å². The van der Waals surface area contributed by atoms with Crippen LogP contribution in [0.3, 0.4) is 0 Å². The molecule has 1 heterocycles. The van der Waals surface area contributed by atoms with E-state index in [1.54, 1.807) is 0 Å². The molecule has 12 bridgehead atoms. The number of hydrogen-bond acceptors (Lipinski definition) is 11. The summed E-state index contributed by atoms with van der Waals surface area (Å²) in [5.74, 6) is -1.15. The molecule has 15 heteroatoms. The second-order valence-corrected chi connectivity index (χ2v) is 27.5. The van der Waals surface area contributed by atoms with Crippen molar-refractivity contribution in [1.82, 2.24) is 16.0 Å². The SMILES string of the molecule is CCc1cc2c(OCc3ccccc3)c(c1)NCC(O)CN[C@H]1C[C@@H](C(=O)Nc3cc(CC)cc(c3OCc3ccccc3)C(=O)N[C@H]3CC(C(=O)Nc4cc(CC)cc(c4OCc4ccccc4)C(=O)N[C@H]4C[C@@H](C(=O)C2)[C@H](C)C[C@@H]4C)[C@H](C)C[C@@H]3C)[C@H](C)C[C@@H]1C. The lowest BCUT2D eigenvalue weighted by atomic mass is 9.70. The van der Waals surface area contributed by atoms with Crippen molar-refractivity contribution in [2.45, 2.75) is 171 Å². The Morgan fingerprint density at radius 1 is 0.419 bits per heavy atom. The van der Waals surface area contributed by atoms with E-state index >= 15 is 19.2 Å². The number of anilines is 3. The molecule has 15 nitrogen and oxygen atoms in total. The van der Waals surface area contributed by atoms with Crippen LogP contribution >= 0.6 is 0 Å². The van der Waals surface area contributed by atoms with Gasteiger partial charge in [-0.3, -0.25) is 24.0 Å². The van der Waals surface area contributed by atoms with Gasteiger partial charge in [-0.1, -0.05) is 159 Å². The van der Waals surface area contributed by atoms with Crippen molar-refractivity contribution in [3.05, 3.63) is 177 Å². The molecule has 6 aromatic carbocycles. The predicted octanol–water partition coefficient (Wildman–Crippen LogP) is 13.5. The van der Waals surface area contributed by atoms with Gasteiger partial charge in [0.15, 0.2) is 11.5 Å². The molecule has 10 rings (SSSR count). The van der Waals surface area contributed by atoms with E-state index in [0.717, 1.165) is 45.4 Å². The summed E-state index contributed by atoms with van der Waals surface area (Å²) in [4.78, 5) is 75.7. The molecule has 0 spiro atoms. The zero-order valence-corrected chi connectivity index (χ0v) is 55.9.